The molecule has 1 N–H and O–H groups in total. The van der Waals surface area contributed by atoms with Crippen LogP contribution in [0.5, 0.6) is 23.0 Å². The molecule has 0 aliphatic carbocycles. The fourth-order valence-electron chi connectivity index (χ4n) is 2.05. The summed E-state index contributed by atoms with van der Waals surface area (Å²) in [6.07, 6.45) is 0. The average Bonchev–Trinajstić information content (AvgIpc) is 2.59. The van der Waals surface area contributed by atoms with Crippen LogP contribution in [-0.2, 0) is 4.79 Å². The third-order valence-electron chi connectivity index (χ3n) is 3.11. The highest BCUT2D eigenvalue weighted by Gasteiger charge is 2.13. The van der Waals surface area contributed by atoms with E-state index in [0.717, 1.165) is 0 Å². The molecule has 2 rings (SSSR count). The molecule has 1 amide bonds. The van der Waals surface area contributed by atoms with Crippen LogP contribution in [0.3, 0.4) is 0 Å². The molecule has 2 aromatic rings. The molecule has 23 heavy (non-hydrogen) atoms. The Kier molecular flexibility index (Phi) is 5.68. The Morgan fingerprint density at radius 2 is 1.52 bits per heavy atom. The van der Waals surface area contributed by atoms with Gasteiger partial charge >= 0.3 is 0 Å². The van der Waals surface area contributed by atoms with Crippen molar-refractivity contribution in [2.45, 2.75) is 0 Å². The number of nitrogens with one attached hydrogen (secondary N) is 1. The first-order valence-electron chi connectivity index (χ1n) is 6.96. The van der Waals surface area contributed by atoms with Crippen LogP contribution in [0.1, 0.15) is 0 Å². The lowest BCUT2D eigenvalue weighted by atomic mass is 10.3. The molecule has 0 aliphatic rings. The molecule has 0 saturated carbocycles. The van der Waals surface area contributed by atoms with Gasteiger partial charge in [-0.05, 0) is 24.3 Å². The fourth-order valence-corrected chi connectivity index (χ4v) is 2.05. The summed E-state index contributed by atoms with van der Waals surface area (Å²) >= 11 is 0. The second-order valence-electron chi connectivity index (χ2n) is 4.53. The monoisotopic (exact) mass is 317 g/mol. The highest BCUT2D eigenvalue weighted by molar-refractivity contribution is 5.93. The lowest BCUT2D eigenvalue weighted by Crippen LogP contribution is -2.20. The molecule has 0 radical (unpaired) electrons. The summed E-state index contributed by atoms with van der Waals surface area (Å²) in [5, 5.41) is 2.74. The normalized spacial score (nSPS) is 9.87. The summed E-state index contributed by atoms with van der Waals surface area (Å²) in [5.74, 6) is 1.69. The number of anilines is 1. The minimum Gasteiger partial charge on any atom is -0.495 e. The summed E-state index contributed by atoms with van der Waals surface area (Å²) in [7, 11) is 4.60. The van der Waals surface area contributed by atoms with E-state index in [1.165, 1.54) is 14.2 Å². The number of ether oxygens (including phenoxy) is 4. The molecule has 6 heteroatoms. The van der Waals surface area contributed by atoms with Gasteiger partial charge in [-0.1, -0.05) is 18.2 Å². The van der Waals surface area contributed by atoms with E-state index in [9.17, 15) is 4.79 Å². The third-order valence-corrected chi connectivity index (χ3v) is 3.11. The van der Waals surface area contributed by atoms with E-state index >= 15 is 0 Å². The molecule has 0 saturated heterocycles. The van der Waals surface area contributed by atoms with Crippen molar-refractivity contribution in [3.05, 3.63) is 42.5 Å². The molecule has 0 heterocycles. The van der Waals surface area contributed by atoms with Crippen LogP contribution in [0, 0.1) is 0 Å². The van der Waals surface area contributed by atoms with Gasteiger partial charge in [0.15, 0.2) is 18.1 Å². The zero-order valence-electron chi connectivity index (χ0n) is 13.3. The van der Waals surface area contributed by atoms with Gasteiger partial charge in [0.05, 0.1) is 27.0 Å². The van der Waals surface area contributed by atoms with Crippen LogP contribution in [0.2, 0.25) is 0 Å². The molecule has 6 nitrogen and oxygen atoms in total. The molecule has 0 atom stereocenters. The number of methoxy groups -OCH3 is 3. The Labute approximate surface area is 134 Å². The van der Waals surface area contributed by atoms with Gasteiger partial charge in [-0.25, -0.2) is 0 Å². The van der Waals surface area contributed by atoms with Crippen LogP contribution >= 0.6 is 0 Å². The number of benzene rings is 2. The molecule has 122 valence electrons. The van der Waals surface area contributed by atoms with Gasteiger partial charge in [0.2, 0.25) is 5.75 Å². The fraction of sp³-hybridized carbons (Fsp3) is 0.235. The molecular weight excluding hydrogens is 298 g/mol. The van der Waals surface area contributed by atoms with Crippen molar-refractivity contribution in [2.24, 2.45) is 0 Å². The van der Waals surface area contributed by atoms with E-state index in [1.807, 2.05) is 12.1 Å². The standard InChI is InChI=1S/C17H19NO5/c1-20-13-8-5-4-7-12(13)18-16(19)11-23-15-10-6-9-14(21-2)17(15)22-3/h4-10H,11H2,1-3H3,(H,18,19). The van der Waals surface area contributed by atoms with Gasteiger partial charge < -0.3 is 24.3 Å². The first-order chi connectivity index (χ1) is 11.2. The summed E-state index contributed by atoms with van der Waals surface area (Å²) in [6.45, 7) is -0.165. The van der Waals surface area contributed by atoms with E-state index in [0.29, 0.717) is 28.7 Å². The molecule has 0 unspecified atom stereocenters. The van der Waals surface area contributed by atoms with Gasteiger partial charge in [-0.3, -0.25) is 4.79 Å². The number of carbonyl (C=O) groups is 1. The van der Waals surface area contributed by atoms with Crippen LogP contribution in [-0.4, -0.2) is 33.8 Å². The van der Waals surface area contributed by atoms with E-state index in [4.69, 9.17) is 18.9 Å². The highest BCUT2D eigenvalue weighted by Crippen LogP contribution is 2.36. The van der Waals surface area contributed by atoms with Crippen LogP contribution in [0.25, 0.3) is 0 Å². The van der Waals surface area contributed by atoms with E-state index in [2.05, 4.69) is 5.32 Å². The minimum atomic E-state index is -0.306. The number of amides is 1. The molecule has 0 aromatic heterocycles. The van der Waals surface area contributed by atoms with Crippen LogP contribution in [0.15, 0.2) is 42.5 Å². The Bertz CT molecular complexity index is 672. The van der Waals surface area contributed by atoms with E-state index < -0.39 is 0 Å². The van der Waals surface area contributed by atoms with E-state index in [-0.39, 0.29) is 12.5 Å². The quantitative estimate of drug-likeness (QED) is 0.850. The largest absolute Gasteiger partial charge is 0.495 e. The maximum atomic E-state index is 12.0. The predicted molar refractivity (Wildman–Crippen MR) is 86.7 cm³/mol. The van der Waals surface area contributed by atoms with E-state index in [1.54, 1.807) is 37.4 Å². The van der Waals surface area contributed by atoms with Gasteiger partial charge in [0, 0.05) is 0 Å². The molecular formula is C17H19NO5. The number of carbonyl (C=O) groups excluding carboxylic acids is 1. The van der Waals surface area contributed by atoms with Crippen molar-refractivity contribution in [2.75, 3.05) is 33.3 Å². The van der Waals surface area contributed by atoms with Gasteiger partial charge in [-0.15, -0.1) is 0 Å². The Morgan fingerprint density at radius 1 is 0.870 bits per heavy atom. The van der Waals surface area contributed by atoms with Crippen molar-refractivity contribution < 1.29 is 23.7 Å². The minimum absolute atomic E-state index is 0.165. The second-order valence-corrected chi connectivity index (χ2v) is 4.53. The first-order valence-corrected chi connectivity index (χ1v) is 6.96. The van der Waals surface area contributed by atoms with Crippen LogP contribution < -0.4 is 24.3 Å². The third kappa shape index (κ3) is 4.06. The summed E-state index contributed by atoms with van der Waals surface area (Å²) in [4.78, 5) is 12.0. The van der Waals surface area contributed by atoms with Crippen molar-refractivity contribution in [1.29, 1.82) is 0 Å². The Morgan fingerprint density at radius 3 is 2.22 bits per heavy atom. The maximum absolute atomic E-state index is 12.0. The Hall–Kier alpha value is -2.89. The summed E-state index contributed by atoms with van der Waals surface area (Å²) in [5.41, 5.74) is 0.584. The van der Waals surface area contributed by atoms with Gasteiger partial charge in [0.25, 0.3) is 5.91 Å². The van der Waals surface area contributed by atoms with Gasteiger partial charge in [0.1, 0.15) is 5.75 Å². The number of para-hydroxylation sites is 3. The Balaban J connectivity index is 2.02. The zero-order chi connectivity index (χ0) is 16.7. The number of hydrogen-bond acceptors (Lipinski definition) is 5. The number of hydrogen-bond donors (Lipinski definition) is 1. The SMILES string of the molecule is COc1ccccc1NC(=O)COc1cccc(OC)c1OC. The molecule has 0 bridgehead atoms. The van der Waals surface area contributed by atoms with Crippen molar-refractivity contribution in [1.82, 2.24) is 0 Å². The summed E-state index contributed by atoms with van der Waals surface area (Å²) in [6, 6.07) is 12.4. The topological polar surface area (TPSA) is 66.0 Å². The maximum Gasteiger partial charge on any atom is 0.262 e. The molecule has 0 spiro atoms. The first kappa shape index (κ1) is 16.5. The molecule has 2 aromatic carbocycles. The average molecular weight is 317 g/mol. The van der Waals surface area contributed by atoms with Crippen molar-refractivity contribution >= 4 is 11.6 Å². The smallest absolute Gasteiger partial charge is 0.262 e. The second kappa shape index (κ2) is 7.93. The molecule has 0 aliphatic heterocycles. The number of rotatable bonds is 7. The molecule has 0 fully saturated rings. The van der Waals surface area contributed by atoms with Crippen molar-refractivity contribution in [3.63, 3.8) is 0 Å². The highest BCUT2D eigenvalue weighted by atomic mass is 16.5. The predicted octanol–water partition coefficient (Wildman–Crippen LogP) is 2.73. The van der Waals surface area contributed by atoms with Gasteiger partial charge in [-0.2, -0.15) is 0 Å². The lowest BCUT2D eigenvalue weighted by molar-refractivity contribution is -0.118. The zero-order valence-corrected chi connectivity index (χ0v) is 13.3. The lowest BCUT2D eigenvalue weighted by Gasteiger charge is -2.14. The summed E-state index contributed by atoms with van der Waals surface area (Å²) < 4.78 is 21.1. The van der Waals surface area contributed by atoms with Crippen LogP contribution in [0.4, 0.5) is 5.69 Å². The van der Waals surface area contributed by atoms with Crippen molar-refractivity contribution in [3.8, 4) is 23.0 Å².